The zero-order valence-corrected chi connectivity index (χ0v) is 18.6. The second-order valence-corrected chi connectivity index (χ2v) is 7.91. The number of aromatic nitrogens is 1. The molecule has 0 saturated carbocycles. The predicted molar refractivity (Wildman–Crippen MR) is 127 cm³/mol. The molecule has 1 saturated heterocycles. The normalized spacial score (nSPS) is 14.1. The Morgan fingerprint density at radius 3 is 2.33 bits per heavy atom. The van der Waals surface area contributed by atoms with Gasteiger partial charge in [0.2, 0.25) is 0 Å². The molecular weight excluding hydrogens is 419 g/mol. The van der Waals surface area contributed by atoms with Gasteiger partial charge in [0.15, 0.2) is 0 Å². The molecule has 1 amide bonds. The van der Waals surface area contributed by atoms with Crippen LogP contribution in [0.25, 0.3) is 11.8 Å². The summed E-state index contributed by atoms with van der Waals surface area (Å²) in [6.07, 6.45) is 1.58. The Labute approximate surface area is 192 Å². The molecule has 2 heterocycles. The Hall–Kier alpha value is -3.89. The number of carbonyl (C=O) groups is 1. The van der Waals surface area contributed by atoms with Gasteiger partial charge in [-0.2, -0.15) is 5.26 Å². The molecule has 1 aliphatic rings. The molecule has 6 nitrogen and oxygen atoms in total. The lowest BCUT2D eigenvalue weighted by Crippen LogP contribution is -2.36. The van der Waals surface area contributed by atoms with Gasteiger partial charge in [-0.3, -0.25) is 4.79 Å². The summed E-state index contributed by atoms with van der Waals surface area (Å²) in [4.78, 5) is 14.9. The molecule has 7 heteroatoms. The van der Waals surface area contributed by atoms with E-state index in [9.17, 15) is 14.4 Å². The number of benzene rings is 2. The standard InChI is InChI=1S/C26H25FN4O2/c1-18-15-20(16-21(17-28)26(32)29-23-5-3-22(27)4-6-23)19(2)31(18)25-9-7-24(8-10-25)30-11-13-33-14-12-30/h3-10,15-16H,11-14H2,1-2H3,(H,29,32)/b21-16-. The van der Waals surface area contributed by atoms with Gasteiger partial charge in [-0.15, -0.1) is 0 Å². The average molecular weight is 445 g/mol. The molecule has 1 aliphatic heterocycles. The Kier molecular flexibility index (Phi) is 6.57. The zero-order chi connectivity index (χ0) is 23.4. The SMILES string of the molecule is Cc1cc(/C=C(/C#N)C(=O)Nc2ccc(F)cc2)c(C)n1-c1ccc(N2CCOCC2)cc1. The molecule has 2 aromatic carbocycles. The third-order valence-corrected chi connectivity index (χ3v) is 5.72. The molecule has 0 unspecified atom stereocenters. The highest BCUT2D eigenvalue weighted by atomic mass is 19.1. The number of ether oxygens (including phenoxy) is 1. The third kappa shape index (κ3) is 4.97. The van der Waals surface area contributed by atoms with Gasteiger partial charge >= 0.3 is 0 Å². The molecule has 1 aromatic heterocycles. The zero-order valence-electron chi connectivity index (χ0n) is 18.6. The van der Waals surface area contributed by atoms with Gasteiger partial charge in [-0.25, -0.2) is 4.39 Å². The lowest BCUT2D eigenvalue weighted by molar-refractivity contribution is -0.112. The Bertz CT molecular complexity index is 1210. The molecule has 1 N–H and O–H groups in total. The van der Waals surface area contributed by atoms with Crippen molar-refractivity contribution >= 4 is 23.4 Å². The van der Waals surface area contributed by atoms with E-state index in [0.717, 1.165) is 54.6 Å². The number of amides is 1. The van der Waals surface area contributed by atoms with E-state index in [1.807, 2.05) is 26.0 Å². The van der Waals surface area contributed by atoms with E-state index < -0.39 is 11.7 Å². The van der Waals surface area contributed by atoms with Crippen LogP contribution < -0.4 is 10.2 Å². The third-order valence-electron chi connectivity index (χ3n) is 5.72. The van der Waals surface area contributed by atoms with E-state index in [1.165, 1.54) is 24.3 Å². The maximum absolute atomic E-state index is 13.1. The number of aryl methyl sites for hydroxylation is 1. The van der Waals surface area contributed by atoms with Crippen LogP contribution in [-0.2, 0) is 9.53 Å². The summed E-state index contributed by atoms with van der Waals surface area (Å²) in [6.45, 7) is 7.19. The highest BCUT2D eigenvalue weighted by Crippen LogP contribution is 2.25. The van der Waals surface area contributed by atoms with Gasteiger partial charge in [0, 0.05) is 41.5 Å². The van der Waals surface area contributed by atoms with Crippen molar-refractivity contribution in [3.8, 4) is 11.8 Å². The van der Waals surface area contributed by atoms with Crippen molar-refractivity contribution < 1.29 is 13.9 Å². The van der Waals surface area contributed by atoms with E-state index in [2.05, 4.69) is 39.0 Å². The number of carbonyl (C=O) groups excluding carboxylic acids is 1. The van der Waals surface area contributed by atoms with E-state index >= 15 is 0 Å². The number of hydrogen-bond acceptors (Lipinski definition) is 4. The molecule has 33 heavy (non-hydrogen) atoms. The van der Waals surface area contributed by atoms with Crippen molar-refractivity contribution in [2.75, 3.05) is 36.5 Å². The van der Waals surface area contributed by atoms with Gasteiger partial charge < -0.3 is 19.5 Å². The fraction of sp³-hybridized carbons (Fsp3) is 0.231. The van der Waals surface area contributed by atoms with Crippen molar-refractivity contribution in [3.05, 3.63) is 82.9 Å². The molecular formula is C26H25FN4O2. The van der Waals surface area contributed by atoms with E-state index in [1.54, 1.807) is 6.08 Å². The molecule has 3 aromatic rings. The number of hydrogen-bond donors (Lipinski definition) is 1. The quantitative estimate of drug-likeness (QED) is 0.461. The van der Waals surface area contributed by atoms with Crippen LogP contribution in [0, 0.1) is 31.0 Å². The second kappa shape index (κ2) is 9.72. The van der Waals surface area contributed by atoms with Gasteiger partial charge in [-0.05, 0) is 80.1 Å². The van der Waals surface area contributed by atoms with Crippen LogP contribution in [0.15, 0.2) is 60.2 Å². The minimum atomic E-state index is -0.538. The molecule has 168 valence electrons. The van der Waals surface area contributed by atoms with Crippen LogP contribution in [0.3, 0.4) is 0 Å². The van der Waals surface area contributed by atoms with E-state index in [4.69, 9.17) is 4.74 Å². The van der Waals surface area contributed by atoms with Crippen molar-refractivity contribution in [2.24, 2.45) is 0 Å². The fourth-order valence-electron chi connectivity index (χ4n) is 4.00. The van der Waals surface area contributed by atoms with Crippen LogP contribution in [0.5, 0.6) is 0 Å². The molecule has 0 aliphatic carbocycles. The largest absolute Gasteiger partial charge is 0.378 e. The molecule has 0 atom stereocenters. The van der Waals surface area contributed by atoms with Crippen LogP contribution >= 0.6 is 0 Å². The number of halogens is 1. The van der Waals surface area contributed by atoms with E-state index in [-0.39, 0.29) is 5.57 Å². The predicted octanol–water partition coefficient (Wildman–Crippen LogP) is 4.62. The van der Waals surface area contributed by atoms with Crippen LogP contribution in [0.4, 0.5) is 15.8 Å². The maximum atomic E-state index is 13.1. The Morgan fingerprint density at radius 1 is 1.06 bits per heavy atom. The number of nitrogens with zero attached hydrogens (tertiary/aromatic N) is 3. The smallest absolute Gasteiger partial charge is 0.266 e. The first kappa shape index (κ1) is 22.3. The number of anilines is 2. The molecule has 4 rings (SSSR count). The van der Waals surface area contributed by atoms with Crippen molar-refractivity contribution in [1.29, 1.82) is 5.26 Å². The minimum absolute atomic E-state index is 0.0257. The number of nitriles is 1. The highest BCUT2D eigenvalue weighted by Gasteiger charge is 2.15. The van der Waals surface area contributed by atoms with Crippen molar-refractivity contribution in [3.63, 3.8) is 0 Å². The average Bonchev–Trinajstić information content (AvgIpc) is 3.12. The molecule has 0 radical (unpaired) electrons. The first-order valence-corrected chi connectivity index (χ1v) is 10.8. The van der Waals surface area contributed by atoms with Crippen LogP contribution in [0.2, 0.25) is 0 Å². The molecule has 1 fully saturated rings. The summed E-state index contributed by atoms with van der Waals surface area (Å²) in [6, 6.07) is 17.7. The van der Waals surface area contributed by atoms with Crippen LogP contribution in [0.1, 0.15) is 17.0 Å². The lowest BCUT2D eigenvalue weighted by Gasteiger charge is -2.29. The first-order valence-electron chi connectivity index (χ1n) is 10.8. The first-order chi connectivity index (χ1) is 16.0. The maximum Gasteiger partial charge on any atom is 0.266 e. The number of morpholine rings is 1. The lowest BCUT2D eigenvalue weighted by atomic mass is 10.1. The highest BCUT2D eigenvalue weighted by molar-refractivity contribution is 6.09. The summed E-state index contributed by atoms with van der Waals surface area (Å²) < 4.78 is 20.6. The van der Waals surface area contributed by atoms with E-state index in [0.29, 0.717) is 5.69 Å². The summed E-state index contributed by atoms with van der Waals surface area (Å²) in [7, 11) is 0. The topological polar surface area (TPSA) is 70.3 Å². The number of rotatable bonds is 5. The van der Waals surface area contributed by atoms with Crippen molar-refractivity contribution in [1.82, 2.24) is 4.57 Å². The monoisotopic (exact) mass is 444 g/mol. The molecule has 0 bridgehead atoms. The second-order valence-electron chi connectivity index (χ2n) is 7.91. The Balaban J connectivity index is 1.57. The fourth-order valence-corrected chi connectivity index (χ4v) is 4.00. The Morgan fingerprint density at radius 2 is 1.70 bits per heavy atom. The molecule has 0 spiro atoms. The van der Waals surface area contributed by atoms with Gasteiger partial charge in [0.1, 0.15) is 17.5 Å². The van der Waals surface area contributed by atoms with Gasteiger partial charge in [-0.1, -0.05) is 0 Å². The number of nitrogens with one attached hydrogen (secondary N) is 1. The van der Waals surface area contributed by atoms with Gasteiger partial charge in [0.25, 0.3) is 5.91 Å². The van der Waals surface area contributed by atoms with Gasteiger partial charge in [0.05, 0.1) is 13.2 Å². The van der Waals surface area contributed by atoms with Crippen LogP contribution in [-0.4, -0.2) is 36.8 Å². The summed E-state index contributed by atoms with van der Waals surface area (Å²) in [5.41, 5.74) is 5.28. The summed E-state index contributed by atoms with van der Waals surface area (Å²) in [5.74, 6) is -0.932. The summed E-state index contributed by atoms with van der Waals surface area (Å²) >= 11 is 0. The summed E-state index contributed by atoms with van der Waals surface area (Å²) in [5, 5.41) is 12.2. The minimum Gasteiger partial charge on any atom is -0.378 e. The van der Waals surface area contributed by atoms with Crippen molar-refractivity contribution in [2.45, 2.75) is 13.8 Å².